The Hall–Kier alpha value is -2.04. The molecule has 0 bridgehead atoms. The molecule has 0 spiro atoms. The van der Waals surface area contributed by atoms with E-state index in [0.29, 0.717) is 23.1 Å². The van der Waals surface area contributed by atoms with Gasteiger partial charge in [0.2, 0.25) is 0 Å². The summed E-state index contributed by atoms with van der Waals surface area (Å²) in [7, 11) is 0. The molecule has 2 rings (SSSR count). The minimum absolute atomic E-state index is 0.121. The van der Waals surface area contributed by atoms with E-state index in [1.54, 1.807) is 18.2 Å². The average Bonchev–Trinajstić information content (AvgIpc) is 2.61. The Morgan fingerprint density at radius 2 is 1.72 bits per heavy atom. The molecule has 5 nitrogen and oxygen atoms in total. The van der Waals surface area contributed by atoms with Crippen LogP contribution in [-0.2, 0) is 6.42 Å². The molecule has 0 saturated carbocycles. The van der Waals surface area contributed by atoms with Crippen molar-refractivity contribution in [3.8, 4) is 11.5 Å². The molecule has 1 heterocycles. The quantitative estimate of drug-likeness (QED) is 0.794. The Kier molecular flexibility index (Phi) is 2.98. The highest BCUT2D eigenvalue weighted by atomic mass is 16.5. The fourth-order valence-corrected chi connectivity index (χ4v) is 1.72. The molecule has 4 N–H and O–H groups in total. The minimum Gasteiger partial charge on any atom is -0.399 e. The Balaban J connectivity index is 2.29. The van der Waals surface area contributed by atoms with Gasteiger partial charge in [-0.05, 0) is 23.6 Å². The number of nitrogen functional groups attached to an aromatic ring is 2. The minimum atomic E-state index is 0.121. The van der Waals surface area contributed by atoms with Crippen LogP contribution in [0, 0.1) is 5.41 Å². The summed E-state index contributed by atoms with van der Waals surface area (Å²) in [5, 5.41) is 3.97. The lowest BCUT2D eigenvalue weighted by molar-refractivity contribution is 0.374. The van der Waals surface area contributed by atoms with Crippen LogP contribution >= 0.6 is 0 Å². The average molecular weight is 246 g/mol. The molecule has 18 heavy (non-hydrogen) atoms. The molecule has 0 fully saturated rings. The monoisotopic (exact) mass is 246 g/mol. The molecule has 5 heteroatoms. The second kappa shape index (κ2) is 4.33. The van der Waals surface area contributed by atoms with Crippen LogP contribution < -0.4 is 11.5 Å². The van der Waals surface area contributed by atoms with Crippen LogP contribution in [0.15, 0.2) is 22.7 Å². The molecule has 0 radical (unpaired) electrons. The summed E-state index contributed by atoms with van der Waals surface area (Å²) in [6, 6.07) is 5.23. The number of hydrogen-bond acceptors (Lipinski definition) is 5. The number of aromatic nitrogens is 2. The fourth-order valence-electron chi connectivity index (χ4n) is 1.72. The van der Waals surface area contributed by atoms with Gasteiger partial charge in [-0.25, -0.2) is 0 Å². The Labute approximate surface area is 106 Å². The van der Waals surface area contributed by atoms with E-state index < -0.39 is 0 Å². The first kappa shape index (κ1) is 12.4. The van der Waals surface area contributed by atoms with Crippen molar-refractivity contribution >= 4 is 11.4 Å². The molecular formula is C13H18N4O. The molecule has 0 saturated heterocycles. The number of rotatable bonds is 2. The highest BCUT2D eigenvalue weighted by molar-refractivity contribution is 5.67. The summed E-state index contributed by atoms with van der Waals surface area (Å²) < 4.78 is 5.23. The molecule has 0 aliphatic rings. The fraction of sp³-hybridized carbons (Fsp3) is 0.385. The maximum Gasteiger partial charge on any atom is 0.258 e. The smallest absolute Gasteiger partial charge is 0.258 e. The van der Waals surface area contributed by atoms with Crippen molar-refractivity contribution in [2.75, 3.05) is 11.5 Å². The van der Waals surface area contributed by atoms with E-state index in [1.807, 2.05) is 0 Å². The predicted molar refractivity (Wildman–Crippen MR) is 71.7 cm³/mol. The van der Waals surface area contributed by atoms with Gasteiger partial charge in [0.1, 0.15) is 0 Å². The third-order valence-electron chi connectivity index (χ3n) is 2.38. The van der Waals surface area contributed by atoms with Gasteiger partial charge in [0, 0.05) is 23.4 Å². The van der Waals surface area contributed by atoms with E-state index in [1.165, 1.54) is 0 Å². The number of nitrogens with zero attached hydrogens (tertiary/aromatic N) is 2. The predicted octanol–water partition coefficient (Wildman–Crippen LogP) is 2.49. The lowest BCUT2D eigenvalue weighted by Crippen LogP contribution is -2.10. The van der Waals surface area contributed by atoms with Gasteiger partial charge < -0.3 is 16.0 Å². The Morgan fingerprint density at radius 1 is 1.11 bits per heavy atom. The summed E-state index contributed by atoms with van der Waals surface area (Å²) in [6.07, 6.45) is 0.758. The van der Waals surface area contributed by atoms with Crippen LogP contribution in [0.4, 0.5) is 11.4 Å². The SMILES string of the molecule is CC(C)(C)Cc1noc(-c2cc(N)cc(N)c2)n1. The maximum absolute atomic E-state index is 5.74. The summed E-state index contributed by atoms with van der Waals surface area (Å²) in [6.45, 7) is 6.38. The number of anilines is 2. The van der Waals surface area contributed by atoms with Gasteiger partial charge in [-0.1, -0.05) is 25.9 Å². The normalized spacial score (nSPS) is 11.7. The zero-order chi connectivity index (χ0) is 13.3. The van der Waals surface area contributed by atoms with Gasteiger partial charge in [0.05, 0.1) is 0 Å². The summed E-state index contributed by atoms with van der Waals surface area (Å²) in [5.74, 6) is 1.15. The summed E-state index contributed by atoms with van der Waals surface area (Å²) in [4.78, 5) is 4.36. The van der Waals surface area contributed by atoms with Crippen molar-refractivity contribution in [3.63, 3.8) is 0 Å². The van der Waals surface area contributed by atoms with E-state index in [9.17, 15) is 0 Å². The second-order valence-corrected chi connectivity index (χ2v) is 5.64. The first-order valence-corrected chi connectivity index (χ1v) is 5.82. The van der Waals surface area contributed by atoms with Crippen molar-refractivity contribution in [1.82, 2.24) is 10.1 Å². The van der Waals surface area contributed by atoms with Crippen LogP contribution in [0.25, 0.3) is 11.5 Å². The third kappa shape index (κ3) is 3.00. The standard InChI is InChI=1S/C13H18N4O/c1-13(2,3)7-11-16-12(18-17-11)8-4-9(14)6-10(15)5-8/h4-6H,7,14-15H2,1-3H3. The second-order valence-electron chi connectivity index (χ2n) is 5.64. The summed E-state index contributed by atoms with van der Waals surface area (Å²) in [5.41, 5.74) is 13.5. The molecular weight excluding hydrogens is 228 g/mol. The molecule has 0 amide bonds. The Morgan fingerprint density at radius 3 is 2.28 bits per heavy atom. The van der Waals surface area contributed by atoms with Crippen molar-refractivity contribution in [2.45, 2.75) is 27.2 Å². The van der Waals surface area contributed by atoms with E-state index in [4.69, 9.17) is 16.0 Å². The molecule has 0 atom stereocenters. The zero-order valence-corrected chi connectivity index (χ0v) is 10.9. The lowest BCUT2D eigenvalue weighted by Gasteiger charge is -2.14. The first-order valence-electron chi connectivity index (χ1n) is 5.82. The molecule has 1 aromatic heterocycles. The van der Waals surface area contributed by atoms with E-state index >= 15 is 0 Å². The van der Waals surface area contributed by atoms with Crippen molar-refractivity contribution < 1.29 is 4.52 Å². The number of benzene rings is 1. The van der Waals surface area contributed by atoms with Gasteiger partial charge in [-0.2, -0.15) is 4.98 Å². The highest BCUT2D eigenvalue weighted by Gasteiger charge is 2.17. The van der Waals surface area contributed by atoms with Gasteiger partial charge in [0.15, 0.2) is 5.82 Å². The molecule has 96 valence electrons. The van der Waals surface area contributed by atoms with Crippen molar-refractivity contribution in [2.24, 2.45) is 5.41 Å². The molecule has 0 aliphatic heterocycles. The number of nitrogens with two attached hydrogens (primary N) is 2. The van der Waals surface area contributed by atoms with E-state index in [0.717, 1.165) is 12.0 Å². The molecule has 2 aromatic rings. The maximum atomic E-state index is 5.74. The van der Waals surface area contributed by atoms with Gasteiger partial charge in [-0.3, -0.25) is 0 Å². The van der Waals surface area contributed by atoms with Crippen LogP contribution in [0.2, 0.25) is 0 Å². The Bertz CT molecular complexity index is 534. The van der Waals surface area contributed by atoms with Crippen LogP contribution in [0.1, 0.15) is 26.6 Å². The zero-order valence-electron chi connectivity index (χ0n) is 10.9. The van der Waals surface area contributed by atoms with E-state index in [2.05, 4.69) is 30.9 Å². The van der Waals surface area contributed by atoms with Gasteiger partial charge >= 0.3 is 0 Å². The largest absolute Gasteiger partial charge is 0.399 e. The van der Waals surface area contributed by atoms with Crippen LogP contribution in [0.5, 0.6) is 0 Å². The van der Waals surface area contributed by atoms with Crippen LogP contribution in [-0.4, -0.2) is 10.1 Å². The lowest BCUT2D eigenvalue weighted by atomic mass is 9.92. The molecule has 0 unspecified atom stereocenters. The van der Waals surface area contributed by atoms with Gasteiger partial charge in [0.25, 0.3) is 5.89 Å². The summed E-state index contributed by atoms with van der Waals surface area (Å²) >= 11 is 0. The van der Waals surface area contributed by atoms with Gasteiger partial charge in [-0.15, -0.1) is 0 Å². The van der Waals surface area contributed by atoms with E-state index in [-0.39, 0.29) is 5.41 Å². The number of hydrogen-bond donors (Lipinski definition) is 2. The highest BCUT2D eigenvalue weighted by Crippen LogP contribution is 2.25. The van der Waals surface area contributed by atoms with Crippen LogP contribution in [0.3, 0.4) is 0 Å². The molecule has 1 aromatic carbocycles. The topological polar surface area (TPSA) is 91.0 Å². The molecule has 0 aliphatic carbocycles. The first-order chi connectivity index (χ1) is 8.33. The van der Waals surface area contributed by atoms with Crippen molar-refractivity contribution in [1.29, 1.82) is 0 Å². The van der Waals surface area contributed by atoms with Crippen molar-refractivity contribution in [3.05, 3.63) is 24.0 Å². The third-order valence-corrected chi connectivity index (χ3v) is 2.38.